The molecule has 0 saturated carbocycles. The van der Waals surface area contributed by atoms with Crippen molar-refractivity contribution in [3.63, 3.8) is 0 Å². The Morgan fingerprint density at radius 3 is 2.45 bits per heavy atom. The molecule has 1 aliphatic rings. The molecular weight excluding hydrogens is 267 g/mol. The summed E-state index contributed by atoms with van der Waals surface area (Å²) in [5.41, 5.74) is -0.137. The summed E-state index contributed by atoms with van der Waals surface area (Å²) in [6.45, 7) is -0.266. The first-order valence-electron chi connectivity index (χ1n) is 6.15. The first kappa shape index (κ1) is 14.4. The molecule has 1 fully saturated rings. The average Bonchev–Trinajstić information content (AvgIpc) is 2.76. The molecule has 0 aromatic heterocycles. The van der Waals surface area contributed by atoms with E-state index >= 15 is 0 Å². The Kier molecular flexibility index (Phi) is 4.31. The number of amides is 2. The second kappa shape index (κ2) is 5.98. The highest BCUT2D eigenvalue weighted by atomic mass is 19.1. The molecule has 1 aliphatic heterocycles. The van der Waals surface area contributed by atoms with Gasteiger partial charge in [-0.3, -0.25) is 9.59 Å². The molecule has 3 N–H and O–H groups in total. The average molecular weight is 282 g/mol. The summed E-state index contributed by atoms with van der Waals surface area (Å²) in [6, 6.07) is 5.46. The van der Waals surface area contributed by atoms with Gasteiger partial charge in [-0.2, -0.15) is 0 Å². The van der Waals surface area contributed by atoms with Crippen LogP contribution in [-0.4, -0.2) is 58.8 Å². The Hall–Kier alpha value is -1.99. The van der Waals surface area contributed by atoms with Crippen LogP contribution in [0.4, 0.5) is 4.39 Å². The van der Waals surface area contributed by atoms with Crippen molar-refractivity contribution in [3.8, 4) is 0 Å². The predicted octanol–water partition coefficient (Wildman–Crippen LogP) is -0.880. The van der Waals surface area contributed by atoms with E-state index in [0.717, 1.165) is 6.07 Å². The summed E-state index contributed by atoms with van der Waals surface area (Å²) in [5, 5.41) is 21.0. The highest BCUT2D eigenvalue weighted by molar-refractivity contribution is 5.96. The van der Waals surface area contributed by atoms with E-state index in [1.165, 1.54) is 23.1 Å². The largest absolute Gasteiger partial charge is 0.388 e. The molecule has 2 amide bonds. The van der Waals surface area contributed by atoms with Crippen molar-refractivity contribution in [1.29, 1.82) is 0 Å². The lowest BCUT2D eigenvalue weighted by atomic mass is 10.2. The Labute approximate surface area is 114 Å². The molecule has 1 aromatic rings. The number of carbonyl (C=O) groups excluding carboxylic acids is 2. The summed E-state index contributed by atoms with van der Waals surface area (Å²) in [5.74, 6) is -1.79. The molecule has 2 unspecified atom stereocenters. The Bertz CT molecular complexity index is 513. The van der Waals surface area contributed by atoms with Gasteiger partial charge in [-0.15, -0.1) is 0 Å². The van der Waals surface area contributed by atoms with Gasteiger partial charge in [0, 0.05) is 13.1 Å². The summed E-state index contributed by atoms with van der Waals surface area (Å²) >= 11 is 0. The minimum atomic E-state index is -0.971. The molecule has 108 valence electrons. The van der Waals surface area contributed by atoms with E-state index in [1.807, 2.05) is 0 Å². The predicted molar refractivity (Wildman–Crippen MR) is 67.3 cm³/mol. The number of aliphatic hydroxyl groups is 2. The number of β-amino-alcohol motifs (C(OH)–C–C–N with tert-alkyl or cyclic N) is 2. The standard InChI is InChI=1S/C13H15FN2O4/c14-9-4-2-1-3-8(9)13(20)15-5-12(19)16-6-10(17)11(18)7-16/h1-4,10-11,17-18H,5-7H2,(H,15,20). The van der Waals surface area contributed by atoms with Crippen molar-refractivity contribution in [3.05, 3.63) is 35.6 Å². The normalized spacial score (nSPS) is 21.9. The van der Waals surface area contributed by atoms with Crippen LogP contribution < -0.4 is 5.32 Å². The van der Waals surface area contributed by atoms with Gasteiger partial charge in [0.05, 0.1) is 24.3 Å². The van der Waals surface area contributed by atoms with E-state index in [-0.39, 0.29) is 25.2 Å². The molecular formula is C13H15FN2O4. The number of rotatable bonds is 3. The quantitative estimate of drug-likeness (QED) is 0.671. The van der Waals surface area contributed by atoms with Gasteiger partial charge in [0.1, 0.15) is 5.82 Å². The SMILES string of the molecule is O=C(NCC(=O)N1CC(O)C(O)C1)c1ccccc1F. The van der Waals surface area contributed by atoms with Crippen molar-refractivity contribution < 1.29 is 24.2 Å². The van der Waals surface area contributed by atoms with Gasteiger partial charge in [0.2, 0.25) is 5.91 Å². The lowest BCUT2D eigenvalue weighted by Crippen LogP contribution is -2.39. The Balaban J connectivity index is 1.88. The number of benzene rings is 1. The molecule has 6 nitrogen and oxygen atoms in total. The van der Waals surface area contributed by atoms with Gasteiger partial charge in [-0.1, -0.05) is 12.1 Å². The number of likely N-dealkylation sites (tertiary alicyclic amines) is 1. The van der Waals surface area contributed by atoms with Crippen LogP contribution in [0.5, 0.6) is 0 Å². The number of hydrogen-bond acceptors (Lipinski definition) is 4. The zero-order valence-electron chi connectivity index (χ0n) is 10.6. The molecule has 7 heteroatoms. The lowest BCUT2D eigenvalue weighted by molar-refractivity contribution is -0.129. The fraction of sp³-hybridized carbons (Fsp3) is 0.385. The van der Waals surface area contributed by atoms with Crippen molar-refractivity contribution in [2.24, 2.45) is 0 Å². The van der Waals surface area contributed by atoms with E-state index < -0.39 is 29.8 Å². The number of nitrogens with zero attached hydrogens (tertiary/aromatic N) is 1. The van der Waals surface area contributed by atoms with E-state index in [0.29, 0.717) is 0 Å². The van der Waals surface area contributed by atoms with Crippen molar-refractivity contribution >= 4 is 11.8 Å². The fourth-order valence-electron chi connectivity index (χ4n) is 1.98. The molecule has 0 aliphatic carbocycles. The summed E-state index contributed by atoms with van der Waals surface area (Å²) < 4.78 is 13.3. The molecule has 0 spiro atoms. The van der Waals surface area contributed by atoms with Crippen molar-refractivity contribution in [2.45, 2.75) is 12.2 Å². The maximum atomic E-state index is 13.3. The minimum Gasteiger partial charge on any atom is -0.388 e. The number of carbonyl (C=O) groups is 2. The van der Waals surface area contributed by atoms with Crippen LogP contribution in [0.2, 0.25) is 0 Å². The molecule has 1 aromatic carbocycles. The highest BCUT2D eigenvalue weighted by Crippen LogP contribution is 2.10. The van der Waals surface area contributed by atoms with Gasteiger partial charge >= 0.3 is 0 Å². The van der Waals surface area contributed by atoms with Crippen LogP contribution in [0.15, 0.2) is 24.3 Å². The van der Waals surface area contributed by atoms with E-state index in [9.17, 15) is 24.2 Å². The maximum absolute atomic E-state index is 13.3. The highest BCUT2D eigenvalue weighted by Gasteiger charge is 2.32. The number of nitrogens with one attached hydrogen (secondary N) is 1. The summed E-state index contributed by atoms with van der Waals surface area (Å²) in [6.07, 6.45) is -1.94. The smallest absolute Gasteiger partial charge is 0.254 e. The molecule has 0 radical (unpaired) electrons. The third-order valence-corrected chi connectivity index (χ3v) is 3.13. The van der Waals surface area contributed by atoms with Crippen molar-refractivity contribution in [2.75, 3.05) is 19.6 Å². The topological polar surface area (TPSA) is 89.9 Å². The summed E-state index contributed by atoms with van der Waals surface area (Å²) in [4.78, 5) is 24.7. The Morgan fingerprint density at radius 2 is 1.85 bits per heavy atom. The van der Waals surface area contributed by atoms with E-state index in [4.69, 9.17) is 0 Å². The van der Waals surface area contributed by atoms with E-state index in [1.54, 1.807) is 0 Å². The molecule has 2 rings (SSSR count). The van der Waals surface area contributed by atoms with Gasteiger partial charge < -0.3 is 20.4 Å². The van der Waals surface area contributed by atoms with Crippen LogP contribution in [0, 0.1) is 5.82 Å². The molecule has 0 bridgehead atoms. The number of aliphatic hydroxyl groups excluding tert-OH is 2. The van der Waals surface area contributed by atoms with Crippen LogP contribution in [0.25, 0.3) is 0 Å². The zero-order valence-corrected chi connectivity index (χ0v) is 10.6. The third-order valence-electron chi connectivity index (χ3n) is 3.13. The van der Waals surface area contributed by atoms with Crippen LogP contribution in [0.3, 0.4) is 0 Å². The number of hydrogen-bond donors (Lipinski definition) is 3. The lowest BCUT2D eigenvalue weighted by Gasteiger charge is -2.15. The van der Waals surface area contributed by atoms with Crippen molar-refractivity contribution in [1.82, 2.24) is 10.2 Å². The Morgan fingerprint density at radius 1 is 1.25 bits per heavy atom. The van der Waals surface area contributed by atoms with Gasteiger partial charge in [0.25, 0.3) is 5.91 Å². The first-order chi connectivity index (χ1) is 9.49. The second-order valence-corrected chi connectivity index (χ2v) is 4.60. The van der Waals surface area contributed by atoms with E-state index in [2.05, 4.69) is 5.32 Å². The summed E-state index contributed by atoms with van der Waals surface area (Å²) in [7, 11) is 0. The van der Waals surface area contributed by atoms with Gasteiger partial charge in [-0.25, -0.2) is 4.39 Å². The van der Waals surface area contributed by atoms with Gasteiger partial charge in [0.15, 0.2) is 0 Å². The molecule has 1 saturated heterocycles. The molecule has 2 atom stereocenters. The van der Waals surface area contributed by atoms with Crippen LogP contribution >= 0.6 is 0 Å². The first-order valence-corrected chi connectivity index (χ1v) is 6.15. The fourth-order valence-corrected chi connectivity index (χ4v) is 1.98. The third kappa shape index (κ3) is 3.12. The zero-order chi connectivity index (χ0) is 14.7. The van der Waals surface area contributed by atoms with Crippen LogP contribution in [0.1, 0.15) is 10.4 Å². The second-order valence-electron chi connectivity index (χ2n) is 4.60. The number of halogens is 1. The maximum Gasteiger partial charge on any atom is 0.254 e. The molecule has 1 heterocycles. The molecule has 20 heavy (non-hydrogen) atoms. The van der Waals surface area contributed by atoms with Gasteiger partial charge in [-0.05, 0) is 12.1 Å². The monoisotopic (exact) mass is 282 g/mol. The minimum absolute atomic E-state index is 0.0234. The van der Waals surface area contributed by atoms with Crippen LogP contribution in [-0.2, 0) is 4.79 Å².